The molecule has 0 unspecified atom stereocenters. The van der Waals surface area contributed by atoms with Crippen LogP contribution in [0, 0.1) is 12.3 Å². The highest BCUT2D eigenvalue weighted by Crippen LogP contribution is 2.37. The zero-order chi connectivity index (χ0) is 18.7. The second-order valence-corrected chi connectivity index (χ2v) is 8.77. The number of hydrogen-bond acceptors (Lipinski definition) is 5. The number of rotatable bonds is 4. The molecule has 2 heterocycles. The van der Waals surface area contributed by atoms with E-state index in [2.05, 4.69) is 15.6 Å². The molecule has 3 aliphatic rings. The number of nitrogens with zero attached hydrogens (tertiary/aromatic N) is 3. The fourth-order valence-electron chi connectivity index (χ4n) is 3.34. The first kappa shape index (κ1) is 17.1. The molecule has 4 rings (SSSR count). The minimum absolute atomic E-state index is 0.0885. The fourth-order valence-corrected chi connectivity index (χ4v) is 4.83. The van der Waals surface area contributed by atoms with E-state index in [-0.39, 0.29) is 22.4 Å². The summed E-state index contributed by atoms with van der Waals surface area (Å²) in [6.07, 6.45) is 7.25. The molecule has 1 aliphatic carbocycles. The number of terminal acetylenes is 1. The number of anilines is 1. The van der Waals surface area contributed by atoms with E-state index in [4.69, 9.17) is 6.42 Å². The minimum atomic E-state index is -3.69. The molecule has 0 aromatic heterocycles. The van der Waals surface area contributed by atoms with Crippen LogP contribution >= 0.6 is 0 Å². The van der Waals surface area contributed by atoms with Gasteiger partial charge in [0.25, 0.3) is 5.91 Å². The average Bonchev–Trinajstić information content (AvgIpc) is 3.17. The Labute approximate surface area is 153 Å². The Morgan fingerprint density at radius 2 is 2.15 bits per heavy atom. The third-order valence-electron chi connectivity index (χ3n) is 5.08. The lowest BCUT2D eigenvalue weighted by molar-refractivity contribution is 0.0846. The summed E-state index contributed by atoms with van der Waals surface area (Å²) in [7, 11) is -3.69. The van der Waals surface area contributed by atoms with Gasteiger partial charge in [-0.25, -0.2) is 18.1 Å². The molecule has 1 aromatic rings. The number of benzene rings is 1. The molecule has 1 saturated carbocycles. The Bertz CT molecular complexity index is 973. The van der Waals surface area contributed by atoms with E-state index in [0.29, 0.717) is 30.3 Å². The molecular weight excluding hydrogens is 352 g/mol. The van der Waals surface area contributed by atoms with E-state index in [1.807, 2.05) is 18.7 Å². The molecular formula is C18H20N4O3S. The Hall–Kier alpha value is -2.37. The largest absolute Gasteiger partial charge is 0.295 e. The van der Waals surface area contributed by atoms with Crippen LogP contribution < -0.4 is 9.62 Å². The van der Waals surface area contributed by atoms with Crippen molar-refractivity contribution in [3.63, 3.8) is 0 Å². The third kappa shape index (κ3) is 2.50. The number of nitrogens with one attached hydrogen (secondary N) is 1. The van der Waals surface area contributed by atoms with Gasteiger partial charge in [0.15, 0.2) is 0 Å². The predicted octanol–water partition coefficient (Wildman–Crippen LogP) is 1.17. The molecule has 0 bridgehead atoms. The first-order chi connectivity index (χ1) is 12.3. The molecule has 1 atom stereocenters. The number of hydrogen-bond donors (Lipinski definition) is 1. The Morgan fingerprint density at radius 1 is 1.42 bits per heavy atom. The molecule has 2 aliphatic heterocycles. The second-order valence-electron chi connectivity index (χ2n) is 7.09. The zero-order valence-electron chi connectivity index (χ0n) is 14.7. The van der Waals surface area contributed by atoms with Crippen LogP contribution in [0.2, 0.25) is 0 Å². The van der Waals surface area contributed by atoms with Crippen molar-refractivity contribution >= 4 is 27.6 Å². The molecule has 1 aromatic carbocycles. The standard InChI is InChI=1S/C18H20N4O3S/c1-4-12-11-19-17-21(5-2)16(23)14-10-13(6-7-15(14)22(12)17)26(24,25)20-18(3)8-9-18/h1,6-7,10,12,20H,5,8-9,11H2,2-3H3/t12-/m1/s1. The summed E-state index contributed by atoms with van der Waals surface area (Å²) in [6, 6.07) is 4.33. The molecule has 8 heteroatoms. The van der Waals surface area contributed by atoms with Gasteiger partial charge in [-0.2, -0.15) is 0 Å². The first-order valence-corrected chi connectivity index (χ1v) is 10.1. The Morgan fingerprint density at radius 3 is 2.77 bits per heavy atom. The summed E-state index contributed by atoms with van der Waals surface area (Å²) in [5.41, 5.74) is 0.560. The molecule has 0 spiro atoms. The number of carbonyl (C=O) groups excluding carboxylic acids is 1. The molecule has 136 valence electrons. The highest BCUT2D eigenvalue weighted by Gasteiger charge is 2.43. The molecule has 7 nitrogen and oxygen atoms in total. The van der Waals surface area contributed by atoms with Gasteiger partial charge in [0.2, 0.25) is 16.0 Å². The van der Waals surface area contributed by atoms with Crippen LogP contribution in [0.3, 0.4) is 0 Å². The topological polar surface area (TPSA) is 82.1 Å². The lowest BCUT2D eigenvalue weighted by Crippen LogP contribution is -2.52. The molecule has 0 saturated heterocycles. The smallest absolute Gasteiger partial charge is 0.262 e. The molecule has 1 amide bonds. The van der Waals surface area contributed by atoms with E-state index in [9.17, 15) is 13.2 Å². The van der Waals surface area contributed by atoms with E-state index in [1.165, 1.54) is 17.0 Å². The molecule has 1 fully saturated rings. The average molecular weight is 372 g/mol. The summed E-state index contributed by atoms with van der Waals surface area (Å²) >= 11 is 0. The Balaban J connectivity index is 1.80. The van der Waals surface area contributed by atoms with E-state index >= 15 is 0 Å². The number of sulfonamides is 1. The van der Waals surface area contributed by atoms with Crippen molar-refractivity contribution in [1.82, 2.24) is 9.62 Å². The van der Waals surface area contributed by atoms with Gasteiger partial charge >= 0.3 is 0 Å². The van der Waals surface area contributed by atoms with Gasteiger partial charge in [0.1, 0.15) is 6.04 Å². The second kappa shape index (κ2) is 5.56. The van der Waals surface area contributed by atoms with E-state index < -0.39 is 10.0 Å². The number of carbonyl (C=O) groups is 1. The first-order valence-electron chi connectivity index (χ1n) is 8.59. The van der Waals surface area contributed by atoms with Crippen molar-refractivity contribution in [2.45, 2.75) is 43.2 Å². The number of aliphatic imine (C=N–C) groups is 1. The summed E-state index contributed by atoms with van der Waals surface area (Å²) in [5, 5.41) is 0. The number of amides is 1. The maximum Gasteiger partial charge on any atom is 0.262 e. The third-order valence-corrected chi connectivity index (χ3v) is 6.71. The molecule has 0 radical (unpaired) electrons. The van der Waals surface area contributed by atoms with Crippen LogP contribution in [0.5, 0.6) is 0 Å². The minimum Gasteiger partial charge on any atom is -0.295 e. The monoisotopic (exact) mass is 372 g/mol. The van der Waals surface area contributed by atoms with Gasteiger partial charge in [-0.15, -0.1) is 6.42 Å². The van der Waals surface area contributed by atoms with Crippen molar-refractivity contribution in [2.75, 3.05) is 18.0 Å². The van der Waals surface area contributed by atoms with Crippen molar-refractivity contribution in [2.24, 2.45) is 4.99 Å². The lowest BCUT2D eigenvalue weighted by Gasteiger charge is -2.37. The van der Waals surface area contributed by atoms with Crippen LogP contribution in [-0.2, 0) is 10.0 Å². The summed E-state index contributed by atoms with van der Waals surface area (Å²) < 4.78 is 28.1. The van der Waals surface area contributed by atoms with Crippen LogP contribution in [-0.4, -0.2) is 49.9 Å². The number of guanidine groups is 1. The van der Waals surface area contributed by atoms with Gasteiger partial charge in [0, 0.05) is 12.1 Å². The highest BCUT2D eigenvalue weighted by atomic mass is 32.2. The van der Waals surface area contributed by atoms with Crippen molar-refractivity contribution in [1.29, 1.82) is 0 Å². The highest BCUT2D eigenvalue weighted by molar-refractivity contribution is 7.89. The summed E-state index contributed by atoms with van der Waals surface area (Å²) in [5.74, 6) is 2.97. The summed E-state index contributed by atoms with van der Waals surface area (Å²) in [6.45, 7) is 4.56. The van der Waals surface area contributed by atoms with Gasteiger partial charge in [0.05, 0.1) is 22.7 Å². The van der Waals surface area contributed by atoms with Gasteiger partial charge < -0.3 is 0 Å². The van der Waals surface area contributed by atoms with Crippen molar-refractivity contribution < 1.29 is 13.2 Å². The maximum atomic E-state index is 12.9. The predicted molar refractivity (Wildman–Crippen MR) is 98.5 cm³/mol. The van der Waals surface area contributed by atoms with Crippen molar-refractivity contribution in [3.05, 3.63) is 23.8 Å². The molecule has 26 heavy (non-hydrogen) atoms. The maximum absolute atomic E-state index is 12.9. The normalized spacial score (nSPS) is 23.2. The lowest BCUT2D eigenvalue weighted by atomic mass is 10.1. The van der Waals surface area contributed by atoms with Gasteiger partial charge in [-0.05, 0) is 44.9 Å². The SMILES string of the molecule is C#C[C@@H]1CN=C2N(CC)C(=O)c3cc(S(=O)(=O)NC4(C)CC4)ccc3N21. The van der Waals surface area contributed by atoms with Gasteiger partial charge in [-0.3, -0.25) is 14.6 Å². The van der Waals surface area contributed by atoms with Crippen LogP contribution in [0.25, 0.3) is 0 Å². The Kier molecular flexibility index (Phi) is 3.65. The summed E-state index contributed by atoms with van der Waals surface area (Å²) in [4.78, 5) is 20.8. The van der Waals surface area contributed by atoms with Crippen LogP contribution in [0.15, 0.2) is 28.1 Å². The zero-order valence-corrected chi connectivity index (χ0v) is 15.5. The van der Waals surface area contributed by atoms with Crippen LogP contribution in [0.4, 0.5) is 5.69 Å². The van der Waals surface area contributed by atoms with Crippen LogP contribution in [0.1, 0.15) is 37.0 Å². The number of fused-ring (bicyclic) bond motifs is 3. The quantitative estimate of drug-likeness (QED) is 0.805. The van der Waals surface area contributed by atoms with E-state index in [1.54, 1.807) is 6.07 Å². The van der Waals surface area contributed by atoms with Gasteiger partial charge in [-0.1, -0.05) is 5.92 Å². The van der Waals surface area contributed by atoms with E-state index in [0.717, 1.165) is 12.8 Å². The fraction of sp³-hybridized carbons (Fsp3) is 0.444. The van der Waals surface area contributed by atoms with Crippen molar-refractivity contribution in [3.8, 4) is 12.3 Å². The molecule has 1 N–H and O–H groups in total.